The molecule has 0 fully saturated rings. The summed E-state index contributed by atoms with van der Waals surface area (Å²) in [4.78, 5) is 8.51. The Hall–Kier alpha value is -1.38. The molecule has 0 radical (unpaired) electrons. The summed E-state index contributed by atoms with van der Waals surface area (Å²) >= 11 is 0. The molecule has 0 spiro atoms. The van der Waals surface area contributed by atoms with Crippen molar-refractivity contribution in [3.8, 4) is 0 Å². The highest BCUT2D eigenvalue weighted by Gasteiger charge is 2.04. The minimum absolute atomic E-state index is 0.520. The van der Waals surface area contributed by atoms with E-state index in [1.54, 1.807) is 6.20 Å². The lowest BCUT2D eigenvalue weighted by atomic mass is 10.1. The number of rotatable bonds is 2. The molecule has 3 nitrogen and oxygen atoms in total. The minimum Gasteiger partial charge on any atom is -0.304 e. The first-order valence-electron chi connectivity index (χ1n) is 4.60. The molecule has 68 valence electrons. The Morgan fingerprint density at radius 2 is 2.31 bits per heavy atom. The van der Waals surface area contributed by atoms with Crippen molar-refractivity contribution in [2.24, 2.45) is 0 Å². The Morgan fingerprint density at radius 3 is 3.08 bits per heavy atom. The lowest BCUT2D eigenvalue weighted by molar-refractivity contribution is 0.701. The second-order valence-corrected chi connectivity index (χ2v) is 3.31. The summed E-state index contributed by atoms with van der Waals surface area (Å²) in [6, 6.07) is 0. The van der Waals surface area contributed by atoms with E-state index in [1.807, 2.05) is 16.8 Å². The van der Waals surface area contributed by atoms with Gasteiger partial charge in [0.05, 0.1) is 11.9 Å². The third kappa shape index (κ3) is 1.41. The second kappa shape index (κ2) is 3.17. The number of hydrogen-bond acceptors (Lipinski definition) is 2. The zero-order chi connectivity index (χ0) is 9.26. The normalized spacial score (nSPS) is 13.4. The van der Waals surface area contributed by atoms with Crippen LogP contribution in [0.1, 0.15) is 31.9 Å². The molecule has 2 heterocycles. The van der Waals surface area contributed by atoms with Crippen molar-refractivity contribution in [1.29, 1.82) is 0 Å². The molecular formula is C10H13N3. The van der Waals surface area contributed by atoms with E-state index in [0.29, 0.717) is 5.92 Å². The smallest absolute Gasteiger partial charge is 0.155 e. The summed E-state index contributed by atoms with van der Waals surface area (Å²) in [7, 11) is 0. The highest BCUT2D eigenvalue weighted by Crippen LogP contribution is 2.15. The summed E-state index contributed by atoms with van der Waals surface area (Å²) in [5.41, 5.74) is 2.04. The Balaban J connectivity index is 2.48. The van der Waals surface area contributed by atoms with E-state index in [0.717, 1.165) is 17.8 Å². The van der Waals surface area contributed by atoms with Crippen LogP contribution in [0.4, 0.5) is 0 Å². The molecule has 2 aromatic heterocycles. The Labute approximate surface area is 77.4 Å². The van der Waals surface area contributed by atoms with Crippen LogP contribution in [0.3, 0.4) is 0 Å². The van der Waals surface area contributed by atoms with Gasteiger partial charge in [0.2, 0.25) is 0 Å². The highest BCUT2D eigenvalue weighted by molar-refractivity contribution is 5.35. The molecule has 2 rings (SSSR count). The Bertz CT molecular complexity index is 405. The first-order valence-corrected chi connectivity index (χ1v) is 4.60. The van der Waals surface area contributed by atoms with Gasteiger partial charge in [-0.2, -0.15) is 0 Å². The van der Waals surface area contributed by atoms with Crippen molar-refractivity contribution < 1.29 is 0 Å². The quantitative estimate of drug-likeness (QED) is 0.700. The van der Waals surface area contributed by atoms with Crippen LogP contribution in [0.25, 0.3) is 5.65 Å². The van der Waals surface area contributed by atoms with Crippen LogP contribution in [0.2, 0.25) is 0 Å². The van der Waals surface area contributed by atoms with Crippen molar-refractivity contribution in [3.63, 3.8) is 0 Å². The average molecular weight is 175 g/mol. The van der Waals surface area contributed by atoms with Gasteiger partial charge in [0.25, 0.3) is 0 Å². The third-order valence-electron chi connectivity index (χ3n) is 2.42. The molecule has 0 aliphatic carbocycles. The second-order valence-electron chi connectivity index (χ2n) is 3.31. The topological polar surface area (TPSA) is 30.2 Å². The maximum absolute atomic E-state index is 4.37. The van der Waals surface area contributed by atoms with Crippen LogP contribution in [-0.2, 0) is 0 Å². The fourth-order valence-corrected chi connectivity index (χ4v) is 1.31. The van der Waals surface area contributed by atoms with E-state index in [1.165, 1.54) is 0 Å². The summed E-state index contributed by atoms with van der Waals surface area (Å²) in [6.45, 7) is 4.36. The van der Waals surface area contributed by atoms with E-state index >= 15 is 0 Å². The van der Waals surface area contributed by atoms with Crippen molar-refractivity contribution in [1.82, 2.24) is 14.4 Å². The van der Waals surface area contributed by atoms with Crippen molar-refractivity contribution >= 4 is 5.65 Å². The number of imidazole rings is 1. The van der Waals surface area contributed by atoms with Gasteiger partial charge in [-0.05, 0) is 12.3 Å². The minimum atomic E-state index is 0.520. The van der Waals surface area contributed by atoms with Gasteiger partial charge in [-0.15, -0.1) is 0 Å². The van der Waals surface area contributed by atoms with Crippen LogP contribution in [0, 0.1) is 0 Å². The molecule has 0 saturated carbocycles. The van der Waals surface area contributed by atoms with Gasteiger partial charge >= 0.3 is 0 Å². The summed E-state index contributed by atoms with van der Waals surface area (Å²) in [5.74, 6) is 0.520. The van der Waals surface area contributed by atoms with Gasteiger partial charge < -0.3 is 4.40 Å². The van der Waals surface area contributed by atoms with E-state index in [-0.39, 0.29) is 0 Å². The highest BCUT2D eigenvalue weighted by atomic mass is 15.0. The standard InChI is InChI=1S/C10H13N3/c1-3-8(2)9-7-13-5-4-11-10(13)6-12-9/h4-8H,3H2,1-2H3. The van der Waals surface area contributed by atoms with Crippen LogP contribution in [0.5, 0.6) is 0 Å². The van der Waals surface area contributed by atoms with Crippen LogP contribution < -0.4 is 0 Å². The number of nitrogens with zero attached hydrogens (tertiary/aromatic N) is 3. The molecule has 1 atom stereocenters. The molecule has 13 heavy (non-hydrogen) atoms. The van der Waals surface area contributed by atoms with Gasteiger partial charge in [0.1, 0.15) is 0 Å². The predicted molar refractivity (Wildman–Crippen MR) is 51.7 cm³/mol. The molecule has 0 aromatic carbocycles. The van der Waals surface area contributed by atoms with E-state index in [4.69, 9.17) is 0 Å². The van der Waals surface area contributed by atoms with Gasteiger partial charge in [-0.3, -0.25) is 4.98 Å². The molecule has 0 bridgehead atoms. The fourth-order valence-electron chi connectivity index (χ4n) is 1.31. The number of aromatic nitrogens is 3. The maximum atomic E-state index is 4.37. The van der Waals surface area contributed by atoms with Gasteiger partial charge in [0, 0.05) is 18.6 Å². The van der Waals surface area contributed by atoms with E-state index in [2.05, 4.69) is 30.0 Å². The van der Waals surface area contributed by atoms with Crippen molar-refractivity contribution in [2.75, 3.05) is 0 Å². The van der Waals surface area contributed by atoms with Crippen molar-refractivity contribution in [2.45, 2.75) is 26.2 Å². The van der Waals surface area contributed by atoms with E-state index < -0.39 is 0 Å². The lowest BCUT2D eigenvalue weighted by Gasteiger charge is -2.07. The Morgan fingerprint density at radius 1 is 1.46 bits per heavy atom. The third-order valence-corrected chi connectivity index (χ3v) is 2.42. The lowest BCUT2D eigenvalue weighted by Crippen LogP contribution is -1.98. The first kappa shape index (κ1) is 8.23. The molecule has 2 aromatic rings. The largest absolute Gasteiger partial charge is 0.304 e. The predicted octanol–water partition coefficient (Wildman–Crippen LogP) is 2.24. The van der Waals surface area contributed by atoms with Crippen molar-refractivity contribution in [3.05, 3.63) is 30.5 Å². The summed E-state index contributed by atoms with van der Waals surface area (Å²) in [5, 5.41) is 0. The molecule has 0 aliphatic rings. The molecular weight excluding hydrogens is 162 g/mol. The van der Waals surface area contributed by atoms with E-state index in [9.17, 15) is 0 Å². The SMILES string of the molecule is CCC(C)c1cn2ccnc2cn1. The zero-order valence-corrected chi connectivity index (χ0v) is 7.94. The molecule has 1 unspecified atom stereocenters. The zero-order valence-electron chi connectivity index (χ0n) is 7.94. The first-order chi connectivity index (χ1) is 6.31. The van der Waals surface area contributed by atoms with Gasteiger partial charge in [0.15, 0.2) is 5.65 Å². The fraction of sp³-hybridized carbons (Fsp3) is 0.400. The Kier molecular flexibility index (Phi) is 2.00. The number of hydrogen-bond donors (Lipinski definition) is 0. The van der Waals surface area contributed by atoms with Gasteiger partial charge in [-0.1, -0.05) is 13.8 Å². The van der Waals surface area contributed by atoms with Crippen LogP contribution >= 0.6 is 0 Å². The summed E-state index contributed by atoms with van der Waals surface area (Å²) < 4.78 is 2.01. The molecule has 0 amide bonds. The molecule has 0 saturated heterocycles. The summed E-state index contributed by atoms with van der Waals surface area (Å²) in [6.07, 6.45) is 8.73. The van der Waals surface area contributed by atoms with Crippen LogP contribution in [-0.4, -0.2) is 14.4 Å². The average Bonchev–Trinajstić information content (AvgIpc) is 2.63. The van der Waals surface area contributed by atoms with Gasteiger partial charge in [-0.25, -0.2) is 4.98 Å². The molecule has 0 aliphatic heterocycles. The van der Waals surface area contributed by atoms with Crippen LogP contribution in [0.15, 0.2) is 24.8 Å². The molecule has 3 heteroatoms. The maximum Gasteiger partial charge on any atom is 0.155 e. The monoisotopic (exact) mass is 175 g/mol. The molecule has 0 N–H and O–H groups in total. The number of fused-ring (bicyclic) bond motifs is 1.